The number of hydrogen-bond acceptors (Lipinski definition) is 2. The van der Waals surface area contributed by atoms with Crippen LogP contribution in [-0.2, 0) is 0 Å². The summed E-state index contributed by atoms with van der Waals surface area (Å²) in [6.45, 7) is 4.32. The summed E-state index contributed by atoms with van der Waals surface area (Å²) in [6.07, 6.45) is 0. The van der Waals surface area contributed by atoms with Gasteiger partial charge in [0.1, 0.15) is 5.82 Å². The molecular weight excluding hydrogens is 215 g/mol. The van der Waals surface area contributed by atoms with Gasteiger partial charge >= 0.3 is 0 Å². The number of thioether (sulfide) groups is 1. The van der Waals surface area contributed by atoms with E-state index >= 15 is 0 Å². The van der Waals surface area contributed by atoms with Gasteiger partial charge in [0.15, 0.2) is 0 Å². The van der Waals surface area contributed by atoms with Crippen molar-refractivity contribution in [3.05, 3.63) is 30.1 Å². The average Bonchev–Trinajstić information content (AvgIpc) is 2.15. The quantitative estimate of drug-likeness (QED) is 0.605. The lowest BCUT2D eigenvalue weighted by Crippen LogP contribution is -2.16. The van der Waals surface area contributed by atoms with E-state index in [4.69, 9.17) is 0 Å². The van der Waals surface area contributed by atoms with Crippen molar-refractivity contribution in [2.75, 3.05) is 11.5 Å². The Balaban J connectivity index is 2.54. The van der Waals surface area contributed by atoms with Crippen LogP contribution in [0.25, 0.3) is 0 Å². The molecule has 0 saturated heterocycles. The van der Waals surface area contributed by atoms with E-state index in [9.17, 15) is 4.39 Å². The van der Waals surface area contributed by atoms with Gasteiger partial charge in [0.25, 0.3) is 0 Å². The molecule has 14 heavy (non-hydrogen) atoms. The van der Waals surface area contributed by atoms with Crippen LogP contribution in [0.4, 0.5) is 4.39 Å². The fourth-order valence-electron chi connectivity index (χ4n) is 0.881. The fraction of sp³-hybridized carbons (Fsp3) is 0.455. The summed E-state index contributed by atoms with van der Waals surface area (Å²) in [6, 6.07) is 6.71. The molecule has 1 rings (SSSR count). The molecule has 0 saturated carbocycles. The lowest BCUT2D eigenvalue weighted by atomic mass is 10.0. The Morgan fingerprint density at radius 1 is 1.43 bits per heavy atom. The second kappa shape index (κ2) is 5.08. The Kier molecular flexibility index (Phi) is 4.32. The summed E-state index contributed by atoms with van der Waals surface area (Å²) >= 11 is 5.96. The first-order valence-corrected chi connectivity index (χ1v) is 6.14. The van der Waals surface area contributed by atoms with Crippen molar-refractivity contribution in [2.45, 2.75) is 18.7 Å². The number of hydrogen-bond donors (Lipinski definition) is 1. The first-order valence-electron chi connectivity index (χ1n) is 4.53. The van der Waals surface area contributed by atoms with E-state index in [0.29, 0.717) is 0 Å². The van der Waals surface area contributed by atoms with Gasteiger partial charge in [-0.15, -0.1) is 11.8 Å². The molecule has 1 aromatic rings. The average molecular weight is 230 g/mol. The molecular formula is C11H15FS2. The van der Waals surface area contributed by atoms with Gasteiger partial charge in [-0.1, -0.05) is 19.9 Å². The van der Waals surface area contributed by atoms with Crippen LogP contribution >= 0.6 is 24.4 Å². The maximum absolute atomic E-state index is 12.8. The minimum Gasteiger partial charge on any atom is -0.207 e. The van der Waals surface area contributed by atoms with Crippen molar-refractivity contribution in [3.63, 3.8) is 0 Å². The van der Waals surface area contributed by atoms with Gasteiger partial charge in [-0.05, 0) is 29.4 Å². The molecule has 0 radical (unpaired) electrons. The zero-order chi connectivity index (χ0) is 10.6. The number of thiol groups is 1. The first kappa shape index (κ1) is 11.9. The summed E-state index contributed by atoms with van der Waals surface area (Å²) < 4.78 is 12.8. The second-order valence-corrected chi connectivity index (χ2v) is 5.43. The molecule has 0 spiro atoms. The third-order valence-electron chi connectivity index (χ3n) is 1.85. The predicted molar refractivity (Wildman–Crippen MR) is 64.8 cm³/mol. The highest BCUT2D eigenvalue weighted by molar-refractivity contribution is 7.99. The lowest BCUT2D eigenvalue weighted by molar-refractivity contribution is 0.493. The van der Waals surface area contributed by atoms with Crippen molar-refractivity contribution >= 4 is 24.4 Å². The molecule has 0 N–H and O–H groups in total. The van der Waals surface area contributed by atoms with Crippen LogP contribution < -0.4 is 0 Å². The predicted octanol–water partition coefficient (Wildman–Crippen LogP) is 3.87. The molecule has 3 heteroatoms. The maximum atomic E-state index is 12.8. The normalized spacial score (nSPS) is 11.7. The minimum absolute atomic E-state index is 0.168. The summed E-state index contributed by atoms with van der Waals surface area (Å²) in [5, 5.41) is 0. The van der Waals surface area contributed by atoms with Gasteiger partial charge in [0.05, 0.1) is 0 Å². The van der Waals surface area contributed by atoms with Crippen molar-refractivity contribution in [3.8, 4) is 0 Å². The Hall–Kier alpha value is -0.150. The Bertz CT molecular complexity index is 297. The molecule has 0 aliphatic carbocycles. The Morgan fingerprint density at radius 2 is 2.14 bits per heavy atom. The topological polar surface area (TPSA) is 0 Å². The molecule has 0 nitrogen and oxygen atoms in total. The molecule has 0 aliphatic rings. The van der Waals surface area contributed by atoms with Gasteiger partial charge < -0.3 is 0 Å². The molecule has 0 atom stereocenters. The smallest absolute Gasteiger partial charge is 0.124 e. The molecule has 0 heterocycles. The first-order chi connectivity index (χ1) is 6.53. The van der Waals surface area contributed by atoms with Gasteiger partial charge in [0.2, 0.25) is 0 Å². The standard InChI is InChI=1S/C11H15FS2/c1-11(2,7-13)8-14-10-5-3-4-9(12)6-10/h3-6,13H,7-8H2,1-2H3. The minimum atomic E-state index is -0.168. The monoisotopic (exact) mass is 230 g/mol. The third kappa shape index (κ3) is 3.93. The number of rotatable bonds is 4. The second-order valence-electron chi connectivity index (χ2n) is 4.07. The lowest BCUT2D eigenvalue weighted by Gasteiger charge is -2.21. The summed E-state index contributed by atoms with van der Waals surface area (Å²) in [4.78, 5) is 0.986. The highest BCUT2D eigenvalue weighted by Crippen LogP contribution is 2.28. The van der Waals surface area contributed by atoms with Gasteiger partial charge in [-0.25, -0.2) is 4.39 Å². The molecule has 0 unspecified atom stereocenters. The van der Waals surface area contributed by atoms with Crippen molar-refractivity contribution in [1.29, 1.82) is 0 Å². The van der Waals surface area contributed by atoms with Crippen LogP contribution in [-0.4, -0.2) is 11.5 Å². The van der Waals surface area contributed by atoms with E-state index in [1.54, 1.807) is 23.9 Å². The van der Waals surface area contributed by atoms with Crippen LogP contribution in [0.3, 0.4) is 0 Å². The molecule has 78 valence electrons. The van der Waals surface area contributed by atoms with Gasteiger partial charge in [-0.2, -0.15) is 12.6 Å². The summed E-state index contributed by atoms with van der Waals surface area (Å²) in [5.74, 6) is 1.63. The van der Waals surface area contributed by atoms with E-state index in [-0.39, 0.29) is 11.2 Å². The third-order valence-corrected chi connectivity index (χ3v) is 4.22. The molecule has 0 bridgehead atoms. The Morgan fingerprint density at radius 3 is 2.71 bits per heavy atom. The number of halogens is 1. The molecule has 0 amide bonds. The molecule has 0 fully saturated rings. The zero-order valence-corrected chi connectivity index (χ0v) is 10.2. The molecule has 0 aromatic heterocycles. The van der Waals surface area contributed by atoms with E-state index in [2.05, 4.69) is 26.5 Å². The van der Waals surface area contributed by atoms with Crippen LogP contribution in [0.2, 0.25) is 0 Å². The van der Waals surface area contributed by atoms with Gasteiger partial charge in [0, 0.05) is 10.6 Å². The van der Waals surface area contributed by atoms with Crippen LogP contribution in [0, 0.1) is 11.2 Å². The summed E-state index contributed by atoms with van der Waals surface area (Å²) in [5.41, 5.74) is 0.195. The van der Waals surface area contributed by atoms with E-state index in [0.717, 1.165) is 16.4 Å². The van der Waals surface area contributed by atoms with E-state index < -0.39 is 0 Å². The van der Waals surface area contributed by atoms with Crippen molar-refractivity contribution in [2.24, 2.45) is 5.41 Å². The molecule has 0 aliphatic heterocycles. The van der Waals surface area contributed by atoms with Crippen molar-refractivity contribution in [1.82, 2.24) is 0 Å². The van der Waals surface area contributed by atoms with Crippen LogP contribution in [0.1, 0.15) is 13.8 Å². The maximum Gasteiger partial charge on any atom is 0.124 e. The van der Waals surface area contributed by atoms with E-state index in [1.807, 2.05) is 6.07 Å². The Labute approximate surface area is 94.7 Å². The molecule has 1 aromatic carbocycles. The highest BCUT2D eigenvalue weighted by Gasteiger charge is 2.15. The fourth-order valence-corrected chi connectivity index (χ4v) is 2.17. The largest absolute Gasteiger partial charge is 0.207 e. The number of benzene rings is 1. The van der Waals surface area contributed by atoms with Gasteiger partial charge in [-0.3, -0.25) is 0 Å². The van der Waals surface area contributed by atoms with E-state index in [1.165, 1.54) is 6.07 Å². The SMILES string of the molecule is CC(C)(CS)CSc1cccc(F)c1. The summed E-state index contributed by atoms with van der Waals surface area (Å²) in [7, 11) is 0. The van der Waals surface area contributed by atoms with Crippen LogP contribution in [0.15, 0.2) is 29.2 Å². The highest BCUT2D eigenvalue weighted by atomic mass is 32.2. The van der Waals surface area contributed by atoms with Crippen LogP contribution in [0.5, 0.6) is 0 Å². The van der Waals surface area contributed by atoms with Crippen molar-refractivity contribution < 1.29 is 4.39 Å². The zero-order valence-electron chi connectivity index (χ0n) is 8.46.